The molecule has 1 aliphatic rings. The molecule has 12 heteroatoms. The van der Waals surface area contributed by atoms with Gasteiger partial charge in [-0.2, -0.15) is 5.26 Å². The lowest BCUT2D eigenvalue weighted by atomic mass is 9.89. The Morgan fingerprint density at radius 1 is 1.38 bits per heavy atom. The average Bonchev–Trinajstić information content (AvgIpc) is 2.96. The van der Waals surface area contributed by atoms with Crippen LogP contribution >= 0.6 is 0 Å². The van der Waals surface area contributed by atoms with E-state index < -0.39 is 52.0 Å². The molecule has 0 saturated heterocycles. The fraction of sp³-hybridized carbons (Fsp3) is 0.353. The zero-order chi connectivity index (χ0) is 21.6. The molecule has 0 unspecified atom stereocenters. The van der Waals surface area contributed by atoms with Crippen molar-refractivity contribution in [2.75, 3.05) is 0 Å². The number of nitrogens with zero attached hydrogens (tertiary/aromatic N) is 2. The largest absolute Gasteiger partial charge is 0.382 e. The van der Waals surface area contributed by atoms with Gasteiger partial charge in [0.2, 0.25) is 10.0 Å². The summed E-state index contributed by atoms with van der Waals surface area (Å²) in [6, 6.07) is 2.74. The van der Waals surface area contributed by atoms with Gasteiger partial charge >= 0.3 is 0 Å². The predicted octanol–water partition coefficient (Wildman–Crippen LogP) is 3.07. The van der Waals surface area contributed by atoms with Crippen LogP contribution in [0.15, 0.2) is 24.4 Å². The number of fused-ring (bicyclic) bond motifs is 1. The lowest BCUT2D eigenvalue weighted by molar-refractivity contribution is -0.122. The molecule has 0 radical (unpaired) electrons. The van der Waals surface area contributed by atoms with Crippen LogP contribution in [0, 0.1) is 17.3 Å². The van der Waals surface area contributed by atoms with Gasteiger partial charge in [0.25, 0.3) is 12.3 Å². The zero-order valence-electron chi connectivity index (χ0n) is 14.5. The molecule has 0 aliphatic heterocycles. The molecule has 0 spiro atoms. The van der Waals surface area contributed by atoms with Crippen molar-refractivity contribution in [3.8, 4) is 11.9 Å². The summed E-state index contributed by atoms with van der Waals surface area (Å²) in [5, 5.41) is 18.6. The fourth-order valence-corrected chi connectivity index (χ4v) is 4.19. The van der Waals surface area contributed by atoms with Crippen molar-refractivity contribution in [1.82, 2.24) is 9.29 Å². The minimum atomic E-state index is -4.24. The summed E-state index contributed by atoms with van der Waals surface area (Å²) >= 11 is 0. The van der Waals surface area contributed by atoms with Gasteiger partial charge in [-0.3, -0.25) is 0 Å². The van der Waals surface area contributed by atoms with E-state index in [0.717, 1.165) is 24.4 Å². The van der Waals surface area contributed by atoms with Gasteiger partial charge in [-0.1, -0.05) is 0 Å². The molecular weight excluding hydrogens is 421 g/mol. The molecule has 0 fully saturated rings. The summed E-state index contributed by atoms with van der Waals surface area (Å²) in [5.74, 6) is -5.58. The summed E-state index contributed by atoms with van der Waals surface area (Å²) in [6.07, 6.45) is -4.17. The van der Waals surface area contributed by atoms with E-state index in [2.05, 4.69) is 0 Å². The molecule has 29 heavy (non-hydrogen) atoms. The number of nitriles is 1. The Morgan fingerprint density at radius 3 is 2.69 bits per heavy atom. The van der Waals surface area contributed by atoms with Gasteiger partial charge in [0, 0.05) is 29.6 Å². The van der Waals surface area contributed by atoms with Gasteiger partial charge in [0.15, 0.2) is 6.19 Å². The van der Waals surface area contributed by atoms with Crippen LogP contribution in [0.5, 0.6) is 0 Å². The number of hydrogen-bond donors (Lipinski definition) is 2. The summed E-state index contributed by atoms with van der Waals surface area (Å²) < 4.78 is 94.3. The molecule has 2 aromatic rings. The standard InChI is InChI=1S/C17H14F5N3O3S/c18-12-2-1-10(5-11(12)16(19)20)25-6-9(7-29(27,28)24-8-23)14-13(25)3-4-17(21,22)15(14)26/h1-2,5-6,15-16,24,26H,3-4,7H2/t15-/m0/s1. The smallest absolute Gasteiger partial charge is 0.278 e. The van der Waals surface area contributed by atoms with Crippen molar-refractivity contribution in [3.05, 3.63) is 52.6 Å². The van der Waals surface area contributed by atoms with E-state index in [4.69, 9.17) is 5.26 Å². The summed E-state index contributed by atoms with van der Waals surface area (Å²) in [6.45, 7) is 0. The number of aliphatic hydroxyl groups is 1. The van der Waals surface area contributed by atoms with Crippen molar-refractivity contribution < 1.29 is 35.5 Å². The maximum atomic E-state index is 14.0. The Balaban J connectivity index is 2.19. The first-order valence-electron chi connectivity index (χ1n) is 8.22. The van der Waals surface area contributed by atoms with Crippen LogP contribution in [-0.2, 0) is 22.2 Å². The van der Waals surface area contributed by atoms with Crippen LogP contribution in [0.25, 0.3) is 5.69 Å². The van der Waals surface area contributed by atoms with E-state index in [-0.39, 0.29) is 28.9 Å². The number of nitrogens with one attached hydrogen (secondary N) is 1. The molecule has 6 nitrogen and oxygen atoms in total. The van der Waals surface area contributed by atoms with Gasteiger partial charge in [0.1, 0.15) is 11.9 Å². The lowest BCUT2D eigenvalue weighted by Crippen LogP contribution is -2.33. The maximum absolute atomic E-state index is 14.0. The second-order valence-electron chi connectivity index (χ2n) is 6.53. The number of aliphatic hydroxyl groups excluding tert-OH is 1. The van der Waals surface area contributed by atoms with E-state index in [0.29, 0.717) is 0 Å². The molecule has 0 amide bonds. The lowest BCUT2D eigenvalue weighted by Gasteiger charge is -2.29. The predicted molar refractivity (Wildman–Crippen MR) is 90.3 cm³/mol. The summed E-state index contributed by atoms with van der Waals surface area (Å²) in [4.78, 5) is 0. The molecule has 1 heterocycles. The van der Waals surface area contributed by atoms with Crippen molar-refractivity contribution in [2.45, 2.75) is 37.0 Å². The van der Waals surface area contributed by atoms with E-state index in [1.165, 1.54) is 10.8 Å². The normalized spacial score (nSPS) is 18.3. The molecule has 156 valence electrons. The quantitative estimate of drug-likeness (QED) is 0.429. The Kier molecular flexibility index (Phi) is 5.31. The number of sulfonamides is 1. The molecule has 1 atom stereocenters. The van der Waals surface area contributed by atoms with Gasteiger partial charge in [-0.05, 0) is 30.2 Å². The van der Waals surface area contributed by atoms with Gasteiger partial charge in [0.05, 0.1) is 11.3 Å². The van der Waals surface area contributed by atoms with Crippen LogP contribution in [-0.4, -0.2) is 24.0 Å². The third kappa shape index (κ3) is 3.92. The first-order chi connectivity index (χ1) is 13.5. The highest BCUT2D eigenvalue weighted by Gasteiger charge is 2.46. The average molecular weight is 435 g/mol. The van der Waals surface area contributed by atoms with Crippen molar-refractivity contribution in [3.63, 3.8) is 0 Å². The highest BCUT2D eigenvalue weighted by atomic mass is 32.2. The molecule has 1 aromatic carbocycles. The molecule has 3 rings (SSSR count). The van der Waals surface area contributed by atoms with Gasteiger partial charge in [-0.25, -0.2) is 35.1 Å². The Hall–Kier alpha value is -2.65. The number of benzene rings is 1. The van der Waals surface area contributed by atoms with Crippen LogP contribution < -0.4 is 4.72 Å². The Labute approximate surface area is 162 Å². The first kappa shape index (κ1) is 21.1. The Morgan fingerprint density at radius 2 is 2.07 bits per heavy atom. The monoisotopic (exact) mass is 435 g/mol. The number of rotatable bonds is 5. The van der Waals surface area contributed by atoms with Gasteiger partial charge in [-0.15, -0.1) is 0 Å². The van der Waals surface area contributed by atoms with Crippen LogP contribution in [0.2, 0.25) is 0 Å². The SMILES string of the molecule is N#CNS(=O)(=O)Cc1cn(-c2ccc(F)c(C(F)F)c2)c2c1[C@H](O)C(F)(F)CC2. The summed E-state index contributed by atoms with van der Waals surface area (Å²) in [7, 11) is -4.24. The molecule has 0 bridgehead atoms. The molecule has 2 N–H and O–H groups in total. The number of alkyl halides is 4. The van der Waals surface area contributed by atoms with E-state index in [1.807, 2.05) is 0 Å². The van der Waals surface area contributed by atoms with E-state index in [9.17, 15) is 35.5 Å². The minimum absolute atomic E-state index is 0.00717. The topological polar surface area (TPSA) is 95.1 Å². The molecule has 1 aromatic heterocycles. The van der Waals surface area contributed by atoms with E-state index >= 15 is 0 Å². The zero-order valence-corrected chi connectivity index (χ0v) is 15.4. The third-order valence-corrected chi connectivity index (χ3v) is 5.73. The Bertz CT molecular complexity index is 1090. The number of halogens is 5. The van der Waals surface area contributed by atoms with Crippen molar-refractivity contribution >= 4 is 10.0 Å². The molecular formula is C17H14F5N3O3S. The maximum Gasteiger partial charge on any atom is 0.278 e. The number of aromatic nitrogens is 1. The van der Waals surface area contributed by atoms with Crippen molar-refractivity contribution in [2.24, 2.45) is 0 Å². The van der Waals surface area contributed by atoms with Gasteiger partial charge < -0.3 is 9.67 Å². The van der Waals surface area contributed by atoms with E-state index in [1.54, 1.807) is 4.72 Å². The molecule has 1 aliphatic carbocycles. The first-order valence-corrected chi connectivity index (χ1v) is 9.87. The fourth-order valence-electron chi connectivity index (χ4n) is 3.34. The summed E-state index contributed by atoms with van der Waals surface area (Å²) in [5.41, 5.74) is -1.40. The highest BCUT2D eigenvalue weighted by Crippen LogP contribution is 2.44. The van der Waals surface area contributed by atoms with Crippen molar-refractivity contribution in [1.29, 1.82) is 5.26 Å². The molecule has 0 saturated carbocycles. The van der Waals surface area contributed by atoms with Crippen LogP contribution in [0.3, 0.4) is 0 Å². The number of hydrogen-bond acceptors (Lipinski definition) is 4. The minimum Gasteiger partial charge on any atom is -0.382 e. The second-order valence-corrected chi connectivity index (χ2v) is 8.25. The highest BCUT2D eigenvalue weighted by molar-refractivity contribution is 7.88. The second kappa shape index (κ2) is 7.31. The van der Waals surface area contributed by atoms with Crippen LogP contribution in [0.4, 0.5) is 22.0 Å². The van der Waals surface area contributed by atoms with Crippen LogP contribution in [0.1, 0.15) is 41.3 Å². The third-order valence-electron chi connectivity index (χ3n) is 4.64.